The van der Waals surface area contributed by atoms with Gasteiger partial charge in [0.25, 0.3) is 0 Å². The maximum Gasteiger partial charge on any atom is 0.317 e. The van der Waals surface area contributed by atoms with E-state index >= 15 is 0 Å². The first-order valence-electron chi connectivity index (χ1n) is 8.45. The molecule has 0 aromatic heterocycles. The Kier molecular flexibility index (Phi) is 10.1. The van der Waals surface area contributed by atoms with Gasteiger partial charge >= 0.3 is 23.9 Å². The van der Waals surface area contributed by atoms with Gasteiger partial charge in [0.2, 0.25) is 0 Å². The predicted octanol–water partition coefficient (Wildman–Crippen LogP) is 3.95. The van der Waals surface area contributed by atoms with Gasteiger partial charge in [-0.3, -0.25) is 19.2 Å². The highest BCUT2D eigenvalue weighted by Gasteiger charge is 2.61. The van der Waals surface area contributed by atoms with Crippen molar-refractivity contribution in [3.63, 3.8) is 0 Å². The summed E-state index contributed by atoms with van der Waals surface area (Å²) in [6, 6.07) is 0. The molecule has 2 bridgehead atoms. The molecule has 0 amide bonds. The fourth-order valence-electron chi connectivity index (χ4n) is 5.41. The van der Waals surface area contributed by atoms with Gasteiger partial charge < -0.3 is 14.9 Å². The van der Waals surface area contributed by atoms with Crippen LogP contribution in [0.25, 0.3) is 0 Å². The molecule has 28 heavy (non-hydrogen) atoms. The summed E-state index contributed by atoms with van der Waals surface area (Å²) in [6.07, 6.45) is 2.55. The molecule has 8 unspecified atom stereocenters. The van der Waals surface area contributed by atoms with Crippen molar-refractivity contribution in [2.45, 2.75) is 62.8 Å². The van der Waals surface area contributed by atoms with E-state index < -0.39 is 53.5 Å². The lowest BCUT2D eigenvalue weighted by Gasteiger charge is -2.39. The smallest absolute Gasteiger partial charge is 0.317 e. The monoisotopic (exact) mass is 402 g/mol. The van der Waals surface area contributed by atoms with E-state index in [9.17, 15) is 29.4 Å². The summed E-state index contributed by atoms with van der Waals surface area (Å²) in [6.45, 7) is 3.04. The summed E-state index contributed by atoms with van der Waals surface area (Å²) < 4.78 is 4.76. The standard InChI is InChI=1S/C17H22O7.4CH4/c1-6(14(18)19)10(15(20)21)12-8-3-4-9(5-8)13(12)11-7(2)16(22)24-17(11)23;;;;/h6-13H,3-5H2,1-2H3,(H,18,19)(H,20,21);4*1H4. The van der Waals surface area contributed by atoms with Gasteiger partial charge in [0.1, 0.15) is 0 Å². The number of hydrogen-bond donors (Lipinski definition) is 2. The summed E-state index contributed by atoms with van der Waals surface area (Å²) >= 11 is 0. The van der Waals surface area contributed by atoms with Crippen molar-refractivity contribution in [3.8, 4) is 0 Å². The Morgan fingerprint density at radius 2 is 1.50 bits per heavy atom. The maximum absolute atomic E-state index is 12.2. The molecule has 1 saturated heterocycles. The van der Waals surface area contributed by atoms with E-state index in [-0.39, 0.29) is 47.5 Å². The average molecular weight is 403 g/mol. The van der Waals surface area contributed by atoms with E-state index in [2.05, 4.69) is 0 Å². The number of carbonyl (C=O) groups is 4. The van der Waals surface area contributed by atoms with Crippen molar-refractivity contribution in [1.82, 2.24) is 0 Å². The van der Waals surface area contributed by atoms with E-state index in [1.165, 1.54) is 6.92 Å². The Morgan fingerprint density at radius 3 is 1.93 bits per heavy atom. The lowest BCUT2D eigenvalue weighted by molar-refractivity contribution is -0.159. The van der Waals surface area contributed by atoms with E-state index in [1.807, 2.05) is 0 Å². The topological polar surface area (TPSA) is 118 Å². The molecule has 2 saturated carbocycles. The SMILES string of the molecule is C.C.C.C.CC(C(=O)O)C(C(=O)O)C1C2CCC(C2)C1C1C(=O)OC(=O)C1C. The molecule has 7 nitrogen and oxygen atoms in total. The van der Waals surface area contributed by atoms with Crippen molar-refractivity contribution in [2.24, 2.45) is 47.3 Å². The van der Waals surface area contributed by atoms with E-state index in [0.29, 0.717) is 0 Å². The zero-order valence-corrected chi connectivity index (χ0v) is 13.7. The summed E-state index contributed by atoms with van der Waals surface area (Å²) in [5.74, 6) is -7.23. The van der Waals surface area contributed by atoms with Crippen molar-refractivity contribution < 1.29 is 34.1 Å². The molecule has 7 heteroatoms. The van der Waals surface area contributed by atoms with Crippen LogP contribution >= 0.6 is 0 Å². The second-order valence-electron chi connectivity index (χ2n) is 7.53. The highest BCUT2D eigenvalue weighted by molar-refractivity contribution is 5.96. The van der Waals surface area contributed by atoms with Crippen molar-refractivity contribution in [1.29, 1.82) is 0 Å². The summed E-state index contributed by atoms with van der Waals surface area (Å²) in [7, 11) is 0. The van der Waals surface area contributed by atoms with Crippen LogP contribution in [0, 0.1) is 47.3 Å². The van der Waals surface area contributed by atoms with Gasteiger partial charge in [0, 0.05) is 0 Å². The average Bonchev–Trinajstić information content (AvgIpc) is 3.15. The highest BCUT2D eigenvalue weighted by atomic mass is 16.6. The van der Waals surface area contributed by atoms with Crippen molar-refractivity contribution in [3.05, 3.63) is 0 Å². The van der Waals surface area contributed by atoms with Crippen LogP contribution in [0.2, 0.25) is 0 Å². The molecular weight excluding hydrogens is 364 g/mol. The third-order valence-electron chi connectivity index (χ3n) is 6.47. The molecule has 3 aliphatic rings. The van der Waals surface area contributed by atoms with Crippen LogP contribution in [0.15, 0.2) is 0 Å². The molecule has 0 aromatic rings. The number of carboxylic acid groups (broad SMARTS) is 2. The van der Waals surface area contributed by atoms with Gasteiger partial charge in [-0.05, 0) is 42.9 Å². The number of cyclic esters (lactones) is 2. The zero-order chi connectivity index (χ0) is 17.8. The quantitative estimate of drug-likeness (QED) is 0.528. The van der Waals surface area contributed by atoms with Crippen LogP contribution in [-0.2, 0) is 23.9 Å². The molecule has 1 aliphatic heterocycles. The third kappa shape index (κ3) is 4.23. The number of carbonyl (C=O) groups excluding carboxylic acids is 2. The lowest BCUT2D eigenvalue weighted by Crippen LogP contribution is -2.44. The van der Waals surface area contributed by atoms with Gasteiger partial charge in [-0.1, -0.05) is 43.6 Å². The van der Waals surface area contributed by atoms with E-state index in [0.717, 1.165) is 19.3 Å². The second-order valence-corrected chi connectivity index (χ2v) is 7.53. The normalized spacial score (nSPS) is 34.6. The third-order valence-corrected chi connectivity index (χ3v) is 6.47. The number of hydrogen-bond acceptors (Lipinski definition) is 5. The minimum absolute atomic E-state index is 0. The van der Waals surface area contributed by atoms with Gasteiger partial charge in [0.15, 0.2) is 0 Å². The maximum atomic E-state index is 12.2. The fourth-order valence-corrected chi connectivity index (χ4v) is 5.41. The number of ether oxygens (including phenoxy) is 1. The first-order valence-corrected chi connectivity index (χ1v) is 8.45. The number of fused-ring (bicyclic) bond motifs is 2. The summed E-state index contributed by atoms with van der Waals surface area (Å²) in [5, 5.41) is 19.0. The number of carboxylic acids is 2. The molecule has 0 spiro atoms. The van der Waals surface area contributed by atoms with Gasteiger partial charge in [-0.25, -0.2) is 0 Å². The van der Waals surface area contributed by atoms with Crippen LogP contribution in [0.3, 0.4) is 0 Å². The Bertz CT molecular complexity index is 600. The Balaban J connectivity index is 0. The first-order chi connectivity index (χ1) is 11.2. The minimum atomic E-state index is -1.15. The van der Waals surface area contributed by atoms with Gasteiger partial charge in [-0.2, -0.15) is 0 Å². The molecule has 164 valence electrons. The van der Waals surface area contributed by atoms with Crippen LogP contribution in [0.1, 0.15) is 62.8 Å². The lowest BCUT2D eigenvalue weighted by atomic mass is 9.63. The molecule has 3 fully saturated rings. The largest absolute Gasteiger partial charge is 0.481 e. The van der Waals surface area contributed by atoms with Gasteiger partial charge in [-0.15, -0.1) is 0 Å². The molecule has 3 rings (SSSR count). The Morgan fingerprint density at radius 1 is 0.964 bits per heavy atom. The first kappa shape index (κ1) is 28.3. The molecule has 0 radical (unpaired) electrons. The van der Waals surface area contributed by atoms with Crippen LogP contribution < -0.4 is 0 Å². The predicted molar refractivity (Wildman–Crippen MR) is 106 cm³/mol. The van der Waals surface area contributed by atoms with E-state index in [1.54, 1.807) is 6.92 Å². The highest BCUT2D eigenvalue weighted by Crippen LogP contribution is 2.60. The Labute approximate surface area is 168 Å². The molecule has 2 aliphatic carbocycles. The number of aliphatic carboxylic acids is 2. The van der Waals surface area contributed by atoms with Crippen molar-refractivity contribution in [2.75, 3.05) is 0 Å². The molecule has 2 N–H and O–H groups in total. The molecule has 8 atom stereocenters. The zero-order valence-electron chi connectivity index (χ0n) is 13.7. The van der Waals surface area contributed by atoms with Crippen LogP contribution in [-0.4, -0.2) is 34.1 Å². The molecule has 0 aromatic carbocycles. The second kappa shape index (κ2) is 10.0. The number of rotatable bonds is 5. The summed E-state index contributed by atoms with van der Waals surface area (Å²) in [5.41, 5.74) is 0. The summed E-state index contributed by atoms with van der Waals surface area (Å²) in [4.78, 5) is 47.2. The number of esters is 2. The van der Waals surface area contributed by atoms with Crippen molar-refractivity contribution >= 4 is 23.9 Å². The fraction of sp³-hybridized carbons (Fsp3) is 0.810. The molecule has 1 heterocycles. The van der Waals surface area contributed by atoms with Crippen LogP contribution in [0.4, 0.5) is 0 Å². The van der Waals surface area contributed by atoms with Crippen LogP contribution in [0.5, 0.6) is 0 Å². The Hall–Kier alpha value is -1.92. The van der Waals surface area contributed by atoms with Gasteiger partial charge in [0.05, 0.1) is 23.7 Å². The van der Waals surface area contributed by atoms with E-state index in [4.69, 9.17) is 4.74 Å². The molecular formula is C21H38O7. The minimum Gasteiger partial charge on any atom is -0.481 e.